The van der Waals surface area contributed by atoms with Crippen molar-refractivity contribution in [3.8, 4) is 11.5 Å². The Bertz CT molecular complexity index is 903. The van der Waals surface area contributed by atoms with Crippen LogP contribution in [0, 0.1) is 0 Å². The number of benzene rings is 2. The van der Waals surface area contributed by atoms with Crippen LogP contribution in [0.4, 0.5) is 0 Å². The predicted molar refractivity (Wildman–Crippen MR) is 113 cm³/mol. The summed E-state index contributed by atoms with van der Waals surface area (Å²) in [7, 11) is 0. The van der Waals surface area contributed by atoms with Crippen molar-refractivity contribution in [1.82, 2.24) is 0 Å². The van der Waals surface area contributed by atoms with Crippen LogP contribution >= 0.6 is 15.9 Å². The Morgan fingerprint density at radius 3 is 2.57 bits per heavy atom. The van der Waals surface area contributed by atoms with E-state index in [4.69, 9.17) is 14.2 Å². The van der Waals surface area contributed by atoms with Crippen LogP contribution in [-0.4, -0.2) is 25.1 Å². The van der Waals surface area contributed by atoms with E-state index in [1.165, 1.54) is 0 Å². The quantitative estimate of drug-likeness (QED) is 0.312. The lowest BCUT2D eigenvalue weighted by molar-refractivity contribution is -0.129. The molecule has 1 heterocycles. The number of unbranched alkanes of at least 4 members (excludes halogenated alkanes) is 1. The van der Waals surface area contributed by atoms with Crippen LogP contribution in [0.5, 0.6) is 11.5 Å². The molecule has 0 atom stereocenters. The van der Waals surface area contributed by atoms with E-state index in [2.05, 4.69) is 27.8 Å². The molecule has 0 aliphatic carbocycles. The van der Waals surface area contributed by atoms with Gasteiger partial charge in [0.2, 0.25) is 5.90 Å². The van der Waals surface area contributed by atoms with Crippen LogP contribution in [0.15, 0.2) is 57.6 Å². The zero-order valence-electron chi connectivity index (χ0n) is 15.9. The summed E-state index contributed by atoms with van der Waals surface area (Å²) in [6, 6.07) is 13.0. The highest BCUT2D eigenvalue weighted by molar-refractivity contribution is 9.10. The van der Waals surface area contributed by atoms with Gasteiger partial charge in [0.1, 0.15) is 0 Å². The highest BCUT2D eigenvalue weighted by atomic mass is 79.9. The number of hydrogen-bond donors (Lipinski definition) is 0. The van der Waals surface area contributed by atoms with Gasteiger partial charge in [-0.3, -0.25) is 0 Å². The number of cyclic esters (lactones) is 1. The van der Waals surface area contributed by atoms with Crippen LogP contribution in [0.2, 0.25) is 0 Å². The van der Waals surface area contributed by atoms with E-state index in [0.29, 0.717) is 30.6 Å². The number of halogens is 1. The van der Waals surface area contributed by atoms with E-state index in [0.717, 1.165) is 28.4 Å². The highest BCUT2D eigenvalue weighted by Gasteiger charge is 2.24. The number of aliphatic imine (C=N–C) groups is 1. The second kappa shape index (κ2) is 9.55. The molecule has 2 aromatic rings. The molecule has 2 aromatic carbocycles. The highest BCUT2D eigenvalue weighted by Crippen LogP contribution is 2.30. The summed E-state index contributed by atoms with van der Waals surface area (Å²) in [5.74, 6) is 1.18. The molecule has 1 aliphatic heterocycles. The summed E-state index contributed by atoms with van der Waals surface area (Å²) in [5.41, 5.74) is 1.79. The molecular weight excluding hydrogens is 422 g/mol. The van der Waals surface area contributed by atoms with Gasteiger partial charge in [0.15, 0.2) is 17.2 Å². The topological polar surface area (TPSA) is 57.1 Å². The van der Waals surface area contributed by atoms with E-state index >= 15 is 0 Å². The fourth-order valence-corrected chi connectivity index (χ4v) is 2.88. The van der Waals surface area contributed by atoms with Gasteiger partial charge in [-0.25, -0.2) is 9.79 Å². The second-order valence-electron chi connectivity index (χ2n) is 6.18. The molecule has 3 rings (SSSR count). The predicted octanol–water partition coefficient (Wildman–Crippen LogP) is 5.37. The van der Waals surface area contributed by atoms with Gasteiger partial charge in [-0.1, -0.05) is 35.3 Å². The minimum absolute atomic E-state index is 0.250. The van der Waals surface area contributed by atoms with Crippen molar-refractivity contribution in [2.75, 3.05) is 13.2 Å². The minimum atomic E-state index is -0.473. The normalized spacial score (nSPS) is 14.8. The summed E-state index contributed by atoms with van der Waals surface area (Å²) >= 11 is 3.39. The van der Waals surface area contributed by atoms with Gasteiger partial charge < -0.3 is 14.2 Å². The molecule has 0 spiro atoms. The molecule has 0 N–H and O–H groups in total. The Labute approximate surface area is 173 Å². The molecule has 0 aromatic heterocycles. The first-order valence-corrected chi connectivity index (χ1v) is 10.1. The van der Waals surface area contributed by atoms with Crippen LogP contribution < -0.4 is 9.47 Å². The maximum Gasteiger partial charge on any atom is 0.363 e. The number of carbonyl (C=O) groups excluding carboxylic acids is 1. The maximum atomic E-state index is 12.2. The van der Waals surface area contributed by atoms with Crippen molar-refractivity contribution < 1.29 is 19.0 Å². The molecule has 0 saturated carbocycles. The largest absolute Gasteiger partial charge is 0.490 e. The van der Waals surface area contributed by atoms with E-state index < -0.39 is 5.97 Å². The van der Waals surface area contributed by atoms with Crippen LogP contribution in [-0.2, 0) is 9.53 Å². The first-order chi connectivity index (χ1) is 13.6. The molecular formula is C22H22BrNO4. The molecule has 28 heavy (non-hydrogen) atoms. The van der Waals surface area contributed by atoms with Crippen LogP contribution in [0.25, 0.3) is 6.08 Å². The van der Waals surface area contributed by atoms with Gasteiger partial charge in [-0.05, 0) is 61.4 Å². The van der Waals surface area contributed by atoms with E-state index in [1.54, 1.807) is 6.08 Å². The van der Waals surface area contributed by atoms with Crippen molar-refractivity contribution in [1.29, 1.82) is 0 Å². The lowest BCUT2D eigenvalue weighted by Crippen LogP contribution is -2.05. The van der Waals surface area contributed by atoms with Gasteiger partial charge in [0, 0.05) is 10.0 Å². The average Bonchev–Trinajstić information content (AvgIpc) is 3.05. The number of rotatable bonds is 8. The molecule has 1 aliphatic rings. The van der Waals surface area contributed by atoms with E-state index in [9.17, 15) is 4.79 Å². The molecule has 0 fully saturated rings. The van der Waals surface area contributed by atoms with Crippen molar-refractivity contribution >= 4 is 33.9 Å². The third kappa shape index (κ3) is 5.01. The zero-order valence-corrected chi connectivity index (χ0v) is 17.5. The van der Waals surface area contributed by atoms with Gasteiger partial charge in [0.05, 0.1) is 13.2 Å². The van der Waals surface area contributed by atoms with E-state index in [1.807, 2.05) is 49.4 Å². The van der Waals surface area contributed by atoms with Crippen LogP contribution in [0.1, 0.15) is 37.8 Å². The first-order valence-electron chi connectivity index (χ1n) is 9.29. The molecule has 0 saturated heterocycles. The van der Waals surface area contributed by atoms with Crippen molar-refractivity contribution in [2.24, 2.45) is 4.99 Å². The Kier molecular flexibility index (Phi) is 6.87. The number of ether oxygens (including phenoxy) is 3. The number of hydrogen-bond acceptors (Lipinski definition) is 5. The SMILES string of the molecule is CCCCOc1ccc(/C=C2\N=C(c3ccc(Br)cc3)OC2=O)cc1OCC. The Hall–Kier alpha value is -2.60. The molecule has 0 amide bonds. The zero-order chi connectivity index (χ0) is 19.9. The molecule has 146 valence electrons. The van der Waals surface area contributed by atoms with Gasteiger partial charge in [-0.15, -0.1) is 0 Å². The molecule has 0 unspecified atom stereocenters. The monoisotopic (exact) mass is 443 g/mol. The Morgan fingerprint density at radius 2 is 1.86 bits per heavy atom. The lowest BCUT2D eigenvalue weighted by atomic mass is 10.1. The van der Waals surface area contributed by atoms with Gasteiger partial charge in [-0.2, -0.15) is 0 Å². The number of carbonyl (C=O) groups is 1. The summed E-state index contributed by atoms with van der Waals surface area (Å²) in [6.07, 6.45) is 3.73. The number of nitrogens with zero attached hydrogens (tertiary/aromatic N) is 1. The first kappa shape index (κ1) is 20.1. The minimum Gasteiger partial charge on any atom is -0.490 e. The molecule has 6 heteroatoms. The second-order valence-corrected chi connectivity index (χ2v) is 7.10. The molecule has 0 radical (unpaired) electrons. The Balaban J connectivity index is 1.84. The smallest absolute Gasteiger partial charge is 0.363 e. The average molecular weight is 444 g/mol. The summed E-state index contributed by atoms with van der Waals surface area (Å²) in [4.78, 5) is 16.6. The van der Waals surface area contributed by atoms with E-state index in [-0.39, 0.29) is 5.70 Å². The third-order valence-electron chi connectivity index (χ3n) is 4.04. The van der Waals surface area contributed by atoms with Gasteiger partial charge >= 0.3 is 5.97 Å². The number of esters is 1. The van der Waals surface area contributed by atoms with Crippen molar-refractivity contribution in [3.63, 3.8) is 0 Å². The van der Waals surface area contributed by atoms with Crippen LogP contribution in [0.3, 0.4) is 0 Å². The third-order valence-corrected chi connectivity index (χ3v) is 4.57. The fraction of sp³-hybridized carbons (Fsp3) is 0.273. The summed E-state index contributed by atoms with van der Waals surface area (Å²) in [5, 5.41) is 0. The summed E-state index contributed by atoms with van der Waals surface area (Å²) in [6.45, 7) is 5.21. The fourth-order valence-electron chi connectivity index (χ4n) is 2.61. The standard InChI is InChI=1S/C22H22BrNO4/c1-3-5-12-27-19-11-6-15(14-20(19)26-4-2)13-18-22(25)28-21(24-18)16-7-9-17(23)10-8-16/h6-11,13-14H,3-5,12H2,1-2H3/b18-13-. The lowest BCUT2D eigenvalue weighted by Gasteiger charge is -2.12. The van der Waals surface area contributed by atoms with Crippen molar-refractivity contribution in [2.45, 2.75) is 26.7 Å². The molecule has 0 bridgehead atoms. The van der Waals surface area contributed by atoms with Crippen molar-refractivity contribution in [3.05, 3.63) is 63.8 Å². The Morgan fingerprint density at radius 1 is 1.07 bits per heavy atom. The molecule has 5 nitrogen and oxygen atoms in total. The summed E-state index contributed by atoms with van der Waals surface area (Å²) < 4.78 is 17.7. The maximum absolute atomic E-state index is 12.2. The van der Waals surface area contributed by atoms with Gasteiger partial charge in [0.25, 0.3) is 0 Å².